The molecule has 0 aliphatic heterocycles. The fourth-order valence-corrected chi connectivity index (χ4v) is 2.39. The molecule has 1 aliphatic carbocycles. The highest BCUT2D eigenvalue weighted by molar-refractivity contribution is 5.88. The van der Waals surface area contributed by atoms with Crippen LogP contribution in [0.3, 0.4) is 0 Å². The summed E-state index contributed by atoms with van der Waals surface area (Å²) in [7, 11) is 0. The molecule has 1 fully saturated rings. The summed E-state index contributed by atoms with van der Waals surface area (Å²) in [4.78, 5) is 14.8. The largest absolute Gasteiger partial charge is 0.367 e. The van der Waals surface area contributed by atoms with Crippen molar-refractivity contribution in [1.82, 2.24) is 10.4 Å². The van der Waals surface area contributed by atoms with Gasteiger partial charge in [0.15, 0.2) is 0 Å². The number of nitrogens with one attached hydrogen (secondary N) is 2. The molecule has 1 amide bonds. The van der Waals surface area contributed by atoms with Crippen LogP contribution >= 0.6 is 0 Å². The number of aromatic nitrogens is 1. The summed E-state index contributed by atoms with van der Waals surface area (Å²) in [6, 6.07) is 1.96. The number of aromatic amines is 1. The average molecular weight is 193 g/mol. The first-order valence-electron chi connectivity index (χ1n) is 4.94. The van der Waals surface area contributed by atoms with E-state index >= 15 is 0 Å². The molecule has 0 spiro atoms. The van der Waals surface area contributed by atoms with Crippen molar-refractivity contribution in [3.05, 3.63) is 24.0 Å². The number of carbonyl (C=O) groups is 1. The fourth-order valence-electron chi connectivity index (χ4n) is 2.39. The molecule has 0 unspecified atom stereocenters. The molecule has 4 heteroatoms. The van der Waals surface area contributed by atoms with E-state index < -0.39 is 0 Å². The predicted molar refractivity (Wildman–Crippen MR) is 53.3 cm³/mol. The van der Waals surface area contributed by atoms with Crippen LogP contribution in [0, 0.1) is 0 Å². The van der Waals surface area contributed by atoms with Crippen LogP contribution < -0.4 is 11.3 Å². The smallest absolute Gasteiger partial charge is 0.244 e. The molecular weight excluding hydrogens is 178 g/mol. The molecule has 1 heterocycles. The molecule has 76 valence electrons. The molecule has 1 saturated carbocycles. The lowest BCUT2D eigenvalue weighted by Crippen LogP contribution is -2.45. The van der Waals surface area contributed by atoms with E-state index in [1.165, 1.54) is 0 Å². The van der Waals surface area contributed by atoms with Gasteiger partial charge in [0, 0.05) is 12.4 Å². The number of nitrogens with two attached hydrogens (primary N) is 1. The van der Waals surface area contributed by atoms with Crippen molar-refractivity contribution in [2.75, 3.05) is 0 Å². The van der Waals surface area contributed by atoms with Crippen molar-refractivity contribution in [1.29, 1.82) is 0 Å². The van der Waals surface area contributed by atoms with Crippen LogP contribution in [0.4, 0.5) is 0 Å². The number of rotatable bonds is 2. The van der Waals surface area contributed by atoms with E-state index in [0.29, 0.717) is 0 Å². The second-order valence-corrected chi connectivity index (χ2v) is 3.86. The number of H-pyrrole nitrogens is 1. The van der Waals surface area contributed by atoms with Crippen LogP contribution in [0.15, 0.2) is 18.5 Å². The van der Waals surface area contributed by atoms with E-state index in [1.54, 1.807) is 0 Å². The summed E-state index contributed by atoms with van der Waals surface area (Å²) in [5.41, 5.74) is 2.96. The molecule has 1 aromatic heterocycles. The fraction of sp³-hybridized carbons (Fsp3) is 0.500. The predicted octanol–water partition coefficient (Wildman–Crippen LogP) is 0.816. The monoisotopic (exact) mass is 193 g/mol. The Balaban J connectivity index is 2.36. The quantitative estimate of drug-likeness (QED) is 0.369. The first kappa shape index (κ1) is 9.27. The van der Waals surface area contributed by atoms with Gasteiger partial charge in [0.2, 0.25) is 5.91 Å². The third-order valence-corrected chi connectivity index (χ3v) is 3.17. The number of hydrogen-bond donors (Lipinski definition) is 3. The zero-order valence-electron chi connectivity index (χ0n) is 8.05. The maximum absolute atomic E-state index is 11.8. The van der Waals surface area contributed by atoms with Crippen molar-refractivity contribution in [2.24, 2.45) is 5.84 Å². The second-order valence-electron chi connectivity index (χ2n) is 3.86. The third-order valence-electron chi connectivity index (χ3n) is 3.17. The number of amides is 1. The highest BCUT2D eigenvalue weighted by Crippen LogP contribution is 2.40. The lowest BCUT2D eigenvalue weighted by Gasteiger charge is -2.25. The molecule has 1 aliphatic rings. The first-order chi connectivity index (χ1) is 6.79. The summed E-state index contributed by atoms with van der Waals surface area (Å²) in [5.74, 6) is 5.17. The van der Waals surface area contributed by atoms with Gasteiger partial charge in [0.05, 0.1) is 5.41 Å². The van der Waals surface area contributed by atoms with Gasteiger partial charge < -0.3 is 4.98 Å². The highest BCUT2D eigenvalue weighted by atomic mass is 16.2. The lowest BCUT2D eigenvalue weighted by atomic mass is 9.79. The molecule has 14 heavy (non-hydrogen) atoms. The van der Waals surface area contributed by atoms with Crippen molar-refractivity contribution < 1.29 is 4.79 Å². The zero-order chi connectivity index (χ0) is 10.0. The molecule has 0 atom stereocenters. The Labute approximate surface area is 82.8 Å². The van der Waals surface area contributed by atoms with Crippen molar-refractivity contribution >= 4 is 5.91 Å². The van der Waals surface area contributed by atoms with Gasteiger partial charge >= 0.3 is 0 Å². The van der Waals surface area contributed by atoms with Gasteiger partial charge in [-0.1, -0.05) is 12.8 Å². The van der Waals surface area contributed by atoms with Gasteiger partial charge in [0.25, 0.3) is 0 Å². The summed E-state index contributed by atoms with van der Waals surface area (Å²) in [5, 5.41) is 0. The minimum Gasteiger partial charge on any atom is -0.367 e. The summed E-state index contributed by atoms with van der Waals surface area (Å²) < 4.78 is 0. The van der Waals surface area contributed by atoms with Crippen LogP contribution in [0.25, 0.3) is 0 Å². The van der Waals surface area contributed by atoms with Gasteiger partial charge in [-0.2, -0.15) is 0 Å². The molecular formula is C10H15N3O. The maximum Gasteiger partial charge on any atom is 0.244 e. The Morgan fingerprint density at radius 2 is 2.21 bits per heavy atom. The van der Waals surface area contributed by atoms with E-state index in [0.717, 1.165) is 31.2 Å². The summed E-state index contributed by atoms with van der Waals surface area (Å²) in [6.07, 6.45) is 7.72. The number of carbonyl (C=O) groups excluding carboxylic acids is 1. The summed E-state index contributed by atoms with van der Waals surface area (Å²) >= 11 is 0. The van der Waals surface area contributed by atoms with Gasteiger partial charge in [-0.05, 0) is 24.5 Å². The number of hydrazine groups is 1. The SMILES string of the molecule is NNC(=O)C1(c2cc[nH]c2)CCCC1. The Kier molecular flexibility index (Phi) is 2.29. The molecule has 0 saturated heterocycles. The van der Waals surface area contributed by atoms with Crippen molar-refractivity contribution in [3.8, 4) is 0 Å². The molecule has 0 bridgehead atoms. The molecule has 2 rings (SSSR count). The normalized spacial score (nSPS) is 19.5. The van der Waals surface area contributed by atoms with E-state index in [-0.39, 0.29) is 11.3 Å². The summed E-state index contributed by atoms with van der Waals surface area (Å²) in [6.45, 7) is 0. The molecule has 4 N–H and O–H groups in total. The molecule has 1 aromatic rings. The van der Waals surface area contributed by atoms with Crippen LogP contribution in [-0.4, -0.2) is 10.9 Å². The van der Waals surface area contributed by atoms with Crippen LogP contribution in [-0.2, 0) is 10.2 Å². The van der Waals surface area contributed by atoms with Crippen LogP contribution in [0.2, 0.25) is 0 Å². The number of hydrogen-bond acceptors (Lipinski definition) is 2. The van der Waals surface area contributed by atoms with Crippen LogP contribution in [0.5, 0.6) is 0 Å². The Bertz CT molecular complexity index is 312. The first-order valence-corrected chi connectivity index (χ1v) is 4.94. The molecule has 0 radical (unpaired) electrons. The van der Waals surface area contributed by atoms with Crippen molar-refractivity contribution in [2.45, 2.75) is 31.1 Å². The van der Waals surface area contributed by atoms with Gasteiger partial charge in [0.1, 0.15) is 0 Å². The third kappa shape index (κ3) is 1.23. The lowest BCUT2D eigenvalue weighted by molar-refractivity contribution is -0.126. The Hall–Kier alpha value is -1.29. The average Bonchev–Trinajstić information content (AvgIpc) is 2.86. The second kappa shape index (κ2) is 3.46. The molecule has 0 aromatic carbocycles. The Morgan fingerprint density at radius 3 is 2.71 bits per heavy atom. The van der Waals surface area contributed by atoms with E-state index in [9.17, 15) is 4.79 Å². The minimum absolute atomic E-state index is 0.0606. The molecule has 4 nitrogen and oxygen atoms in total. The van der Waals surface area contributed by atoms with Crippen molar-refractivity contribution in [3.63, 3.8) is 0 Å². The maximum atomic E-state index is 11.8. The van der Waals surface area contributed by atoms with Crippen LogP contribution in [0.1, 0.15) is 31.2 Å². The highest BCUT2D eigenvalue weighted by Gasteiger charge is 2.42. The van der Waals surface area contributed by atoms with E-state index in [4.69, 9.17) is 5.84 Å². The van der Waals surface area contributed by atoms with Gasteiger partial charge in [-0.3, -0.25) is 10.2 Å². The van der Waals surface area contributed by atoms with E-state index in [2.05, 4.69) is 10.4 Å². The zero-order valence-corrected chi connectivity index (χ0v) is 8.05. The van der Waals surface area contributed by atoms with Gasteiger partial charge in [-0.15, -0.1) is 0 Å². The van der Waals surface area contributed by atoms with E-state index in [1.807, 2.05) is 18.5 Å². The Morgan fingerprint density at radius 1 is 1.50 bits per heavy atom. The standard InChI is InChI=1S/C10H15N3O/c11-13-9(14)10(4-1-2-5-10)8-3-6-12-7-8/h3,6-7,12H,1-2,4-5,11H2,(H,13,14). The minimum atomic E-state index is -0.380. The van der Waals surface area contributed by atoms with Gasteiger partial charge in [-0.25, -0.2) is 5.84 Å². The topological polar surface area (TPSA) is 70.9 Å².